The van der Waals surface area contributed by atoms with Gasteiger partial charge in [-0.2, -0.15) is 0 Å². The molecule has 1 aromatic carbocycles. The minimum Gasteiger partial charge on any atom is -0.550 e. The standard InChI is InChI=1S/C19H20N2O.C2H4O2/c1-4-21-8-7-14-12(3)19-18(11(2)16(14)10-21)15-9-13(22)5-6-17(15)20-19;1-2(3)4/h5-10,19-20,22H,4H2,1-3H3;1H3,(H,3,4). The van der Waals surface area contributed by atoms with Crippen molar-refractivity contribution in [2.24, 2.45) is 0 Å². The van der Waals surface area contributed by atoms with Gasteiger partial charge >= 0.3 is 0 Å². The third-order valence-electron chi connectivity index (χ3n) is 5.07. The molecule has 0 bridgehead atoms. The number of carboxylic acid groups (broad SMARTS) is 1. The number of hydrogen-bond donors (Lipinski definition) is 2. The molecule has 2 heterocycles. The highest BCUT2D eigenvalue weighted by atomic mass is 16.4. The number of aromatic hydroxyl groups is 1. The number of carbonyl (C=O) groups excluding carboxylic acids is 1. The Hall–Kier alpha value is -2.79. The number of phenolic OH excluding ortho intramolecular Hbond substituents is 1. The highest BCUT2D eigenvalue weighted by Gasteiger charge is 2.39. The fourth-order valence-electron chi connectivity index (χ4n) is 3.82. The normalized spacial score (nSPS) is 20.1. The van der Waals surface area contributed by atoms with Gasteiger partial charge in [-0.25, -0.2) is 0 Å². The molecule has 3 aliphatic rings. The number of rotatable bonds is 1. The summed E-state index contributed by atoms with van der Waals surface area (Å²) in [5, 5.41) is 21.1. The number of carboxylic acids is 1. The van der Waals surface area contributed by atoms with Crippen molar-refractivity contribution >= 4 is 17.2 Å². The highest BCUT2D eigenvalue weighted by molar-refractivity contribution is 5.88. The van der Waals surface area contributed by atoms with E-state index < -0.39 is 5.97 Å². The van der Waals surface area contributed by atoms with E-state index in [4.69, 9.17) is 9.90 Å². The second-order valence-electron chi connectivity index (χ2n) is 6.73. The van der Waals surface area contributed by atoms with Gasteiger partial charge < -0.3 is 25.2 Å². The number of fused-ring (bicyclic) bond motifs is 4. The third kappa shape index (κ3) is 3.06. The molecule has 1 aromatic rings. The molecule has 136 valence electrons. The molecule has 1 aliphatic carbocycles. The summed E-state index contributed by atoms with van der Waals surface area (Å²) in [6, 6.07) is 6.03. The van der Waals surface area contributed by atoms with Crippen LogP contribution in [0.4, 0.5) is 5.69 Å². The van der Waals surface area contributed by atoms with Crippen LogP contribution in [0.3, 0.4) is 0 Å². The van der Waals surface area contributed by atoms with Crippen LogP contribution in [0.15, 0.2) is 59.0 Å². The van der Waals surface area contributed by atoms with E-state index in [1.165, 1.54) is 39.1 Å². The zero-order valence-corrected chi connectivity index (χ0v) is 15.5. The Morgan fingerprint density at radius 1 is 1.35 bits per heavy atom. The molecule has 0 spiro atoms. The molecule has 1 unspecified atom stereocenters. The van der Waals surface area contributed by atoms with Gasteiger partial charge in [0.25, 0.3) is 0 Å². The summed E-state index contributed by atoms with van der Waals surface area (Å²) in [6.45, 7) is 8.55. The first-order chi connectivity index (χ1) is 12.3. The van der Waals surface area contributed by atoms with E-state index in [9.17, 15) is 5.11 Å². The van der Waals surface area contributed by atoms with E-state index in [1.807, 2.05) is 12.1 Å². The molecule has 5 nitrogen and oxygen atoms in total. The van der Waals surface area contributed by atoms with Gasteiger partial charge in [0.1, 0.15) is 17.5 Å². The number of allylic oxidation sites excluding steroid dienone is 4. The van der Waals surface area contributed by atoms with Crippen LogP contribution in [0, 0.1) is 0 Å². The maximum absolute atomic E-state index is 9.87. The van der Waals surface area contributed by atoms with Crippen molar-refractivity contribution in [2.45, 2.75) is 33.7 Å². The number of nitrogens with zero attached hydrogens (tertiary/aromatic N) is 1. The van der Waals surface area contributed by atoms with Gasteiger partial charge in [0.2, 0.25) is 0 Å². The molecule has 1 atom stereocenters. The lowest BCUT2D eigenvalue weighted by atomic mass is 9.79. The molecule has 0 aromatic heterocycles. The predicted molar refractivity (Wildman–Crippen MR) is 99.1 cm³/mol. The van der Waals surface area contributed by atoms with E-state index in [2.05, 4.69) is 49.5 Å². The third-order valence-corrected chi connectivity index (χ3v) is 5.07. The van der Waals surface area contributed by atoms with Crippen LogP contribution in [0.5, 0.6) is 5.75 Å². The quantitative estimate of drug-likeness (QED) is 0.594. The van der Waals surface area contributed by atoms with Crippen LogP contribution in [-0.4, -0.2) is 28.6 Å². The minimum absolute atomic E-state index is 0.335. The van der Waals surface area contributed by atoms with E-state index in [-0.39, 0.29) is 0 Å². The van der Waals surface area contributed by atoms with Crippen molar-refractivity contribution in [1.29, 1.82) is 0 Å². The maximum atomic E-state index is 9.87. The molecular formula is C21H24N2O3. The van der Waals surface area contributed by atoms with Gasteiger partial charge in [-0.3, -0.25) is 0 Å². The topological polar surface area (TPSA) is 80.2 Å². The van der Waals surface area contributed by atoms with Gasteiger partial charge in [0, 0.05) is 47.7 Å². The first kappa shape index (κ1) is 18.0. The zero-order chi connectivity index (χ0) is 19.0. The second kappa shape index (κ2) is 6.84. The summed E-state index contributed by atoms with van der Waals surface area (Å²) in [5.41, 5.74) is 9.15. The highest BCUT2D eigenvalue weighted by Crippen LogP contribution is 2.44. The molecule has 0 fully saturated rings. The monoisotopic (exact) mass is 352 g/mol. The molecule has 0 amide bonds. The Kier molecular flexibility index (Phi) is 4.74. The van der Waals surface area contributed by atoms with Crippen LogP contribution < -0.4 is 10.4 Å². The summed E-state index contributed by atoms with van der Waals surface area (Å²) in [6.07, 6.45) is 6.65. The summed E-state index contributed by atoms with van der Waals surface area (Å²) < 4.78 is 0. The molecule has 4 rings (SSSR count). The van der Waals surface area contributed by atoms with Crippen LogP contribution in [0.1, 0.15) is 33.3 Å². The second-order valence-corrected chi connectivity index (χ2v) is 6.73. The fourth-order valence-corrected chi connectivity index (χ4v) is 3.82. The zero-order valence-electron chi connectivity index (χ0n) is 15.5. The molecule has 26 heavy (non-hydrogen) atoms. The van der Waals surface area contributed by atoms with Crippen molar-refractivity contribution in [3.63, 3.8) is 0 Å². The lowest BCUT2D eigenvalue weighted by Crippen LogP contribution is -2.82. The number of quaternary nitrogens is 1. The molecule has 5 heteroatoms. The number of aliphatic carboxylic acids is 1. The Labute approximate surface area is 153 Å². The van der Waals surface area contributed by atoms with Crippen molar-refractivity contribution < 1.29 is 20.3 Å². The lowest BCUT2D eigenvalue weighted by molar-refractivity contribution is -0.581. The minimum atomic E-state index is -1.08. The molecule has 0 saturated heterocycles. The predicted octanol–water partition coefficient (Wildman–Crippen LogP) is 1.56. The van der Waals surface area contributed by atoms with Crippen molar-refractivity contribution in [1.82, 2.24) is 4.90 Å². The SMILES string of the molecule is CC(=O)[O-].CCN1C=CC2=C(C)C3[NH2+]c4ccc(O)cc4C3=C(C)C2=C1. The van der Waals surface area contributed by atoms with Crippen LogP contribution >= 0.6 is 0 Å². The van der Waals surface area contributed by atoms with E-state index in [1.54, 1.807) is 6.07 Å². The number of hydrogen-bond acceptors (Lipinski definition) is 4. The molecule has 2 aliphatic heterocycles. The van der Waals surface area contributed by atoms with Crippen molar-refractivity contribution in [3.05, 3.63) is 64.5 Å². The van der Waals surface area contributed by atoms with E-state index in [0.717, 1.165) is 13.5 Å². The average molecular weight is 352 g/mol. The van der Waals surface area contributed by atoms with E-state index >= 15 is 0 Å². The molecular weight excluding hydrogens is 328 g/mol. The van der Waals surface area contributed by atoms with Crippen LogP contribution in [-0.2, 0) is 4.79 Å². The molecule has 0 radical (unpaired) electrons. The van der Waals surface area contributed by atoms with Gasteiger partial charge in [-0.1, -0.05) is 0 Å². The lowest BCUT2D eigenvalue weighted by Gasteiger charge is -2.30. The molecule has 3 N–H and O–H groups in total. The van der Waals surface area contributed by atoms with E-state index in [0.29, 0.717) is 11.8 Å². The smallest absolute Gasteiger partial charge is 0.140 e. The van der Waals surface area contributed by atoms with Gasteiger partial charge in [0.15, 0.2) is 0 Å². The van der Waals surface area contributed by atoms with Crippen molar-refractivity contribution in [2.75, 3.05) is 6.54 Å². The Morgan fingerprint density at radius 2 is 2.04 bits per heavy atom. The number of benzene rings is 1. The van der Waals surface area contributed by atoms with Crippen LogP contribution in [0.2, 0.25) is 0 Å². The van der Waals surface area contributed by atoms with Gasteiger partial charge in [0.05, 0.1) is 0 Å². The average Bonchev–Trinajstić information content (AvgIpc) is 2.97. The maximum Gasteiger partial charge on any atom is 0.140 e. The van der Waals surface area contributed by atoms with Crippen LogP contribution in [0.25, 0.3) is 5.57 Å². The Bertz CT molecular complexity index is 887. The Morgan fingerprint density at radius 3 is 2.69 bits per heavy atom. The first-order valence-corrected chi connectivity index (χ1v) is 8.77. The number of nitrogens with two attached hydrogens (primary N) is 1. The summed E-state index contributed by atoms with van der Waals surface area (Å²) in [4.78, 5) is 11.1. The number of carbonyl (C=O) groups is 1. The number of phenols is 1. The fraction of sp³-hybridized carbons (Fsp3) is 0.286. The van der Waals surface area contributed by atoms with Crippen molar-refractivity contribution in [3.8, 4) is 5.75 Å². The molecule has 0 saturated carbocycles. The Balaban J connectivity index is 0.000000447. The van der Waals surface area contributed by atoms with Gasteiger partial charge in [-0.15, -0.1) is 0 Å². The largest absolute Gasteiger partial charge is 0.550 e. The first-order valence-electron chi connectivity index (χ1n) is 8.77. The summed E-state index contributed by atoms with van der Waals surface area (Å²) in [5.74, 6) is -0.742. The van der Waals surface area contributed by atoms with Gasteiger partial charge in [-0.05, 0) is 62.6 Å². The summed E-state index contributed by atoms with van der Waals surface area (Å²) in [7, 11) is 0. The summed E-state index contributed by atoms with van der Waals surface area (Å²) >= 11 is 0.